The third-order valence-corrected chi connectivity index (χ3v) is 4.72. The van der Waals surface area contributed by atoms with Crippen molar-refractivity contribution < 1.29 is 5.11 Å². The van der Waals surface area contributed by atoms with Gasteiger partial charge >= 0.3 is 0 Å². The second-order valence-corrected chi connectivity index (χ2v) is 6.31. The molecule has 0 saturated heterocycles. The van der Waals surface area contributed by atoms with Crippen LogP contribution in [0, 0.1) is 6.92 Å². The summed E-state index contributed by atoms with van der Waals surface area (Å²) in [7, 11) is 3.84. The maximum Gasteiger partial charge on any atom is 0.130 e. The van der Waals surface area contributed by atoms with Crippen LogP contribution < -0.4 is 10.3 Å². The van der Waals surface area contributed by atoms with Gasteiger partial charge in [0.25, 0.3) is 0 Å². The fourth-order valence-electron chi connectivity index (χ4n) is 2.94. The van der Waals surface area contributed by atoms with Gasteiger partial charge in [0, 0.05) is 19.3 Å². The van der Waals surface area contributed by atoms with Gasteiger partial charge in [-0.2, -0.15) is 0 Å². The summed E-state index contributed by atoms with van der Waals surface area (Å²) in [4.78, 5) is 0. The number of nitrogens with zero attached hydrogens (tertiary/aromatic N) is 2. The Bertz CT molecular complexity index is 739. The Morgan fingerprint density at radius 1 is 1.08 bits per heavy atom. The van der Waals surface area contributed by atoms with Crippen LogP contribution in [0.4, 0.5) is 5.69 Å². The van der Waals surface area contributed by atoms with Gasteiger partial charge < -0.3 is 5.11 Å². The molecule has 4 nitrogen and oxygen atoms in total. The van der Waals surface area contributed by atoms with E-state index in [4.69, 9.17) is 0 Å². The van der Waals surface area contributed by atoms with E-state index in [1.54, 1.807) is 7.05 Å². The molecular formula is C20H25N3O. The number of hydrogen-bond donors (Lipinski definition) is 2. The summed E-state index contributed by atoms with van der Waals surface area (Å²) >= 11 is 0. The number of nitrogens with one attached hydrogen (secondary N) is 1. The Balaban J connectivity index is 1.93. The van der Waals surface area contributed by atoms with E-state index in [1.807, 2.05) is 12.1 Å². The number of aliphatic hydroxyl groups excluding tert-OH is 1. The summed E-state index contributed by atoms with van der Waals surface area (Å²) in [6.07, 6.45) is 3.70. The van der Waals surface area contributed by atoms with E-state index >= 15 is 0 Å². The molecule has 2 atom stereocenters. The highest BCUT2D eigenvalue weighted by molar-refractivity contribution is 5.71. The summed E-state index contributed by atoms with van der Waals surface area (Å²) in [5.74, 6) is 0. The van der Waals surface area contributed by atoms with Crippen molar-refractivity contribution in [1.29, 1.82) is 0 Å². The smallest absolute Gasteiger partial charge is 0.130 e. The van der Waals surface area contributed by atoms with Crippen LogP contribution in [-0.2, 0) is 0 Å². The predicted octanol–water partition coefficient (Wildman–Crippen LogP) is 3.44. The number of aryl methyl sites for hydroxylation is 1. The van der Waals surface area contributed by atoms with E-state index in [0.29, 0.717) is 6.04 Å². The highest BCUT2D eigenvalue weighted by Gasteiger charge is 2.21. The van der Waals surface area contributed by atoms with Crippen LogP contribution in [0.5, 0.6) is 0 Å². The zero-order chi connectivity index (χ0) is 17.3. The number of rotatable bonds is 4. The SMILES string of the molecule is CNC(O)c1ccc(-c2ccc(C)c(N3C=CC(C)N3C)c2)cc1. The number of aliphatic hydroxyl groups is 1. The van der Waals surface area contributed by atoms with Crippen molar-refractivity contribution in [3.05, 3.63) is 65.9 Å². The molecule has 2 N–H and O–H groups in total. The molecule has 2 unspecified atom stereocenters. The van der Waals surface area contributed by atoms with Gasteiger partial charge in [-0.15, -0.1) is 0 Å². The van der Waals surface area contributed by atoms with E-state index in [2.05, 4.69) is 78.8 Å². The van der Waals surface area contributed by atoms with Crippen molar-refractivity contribution in [2.45, 2.75) is 26.1 Å². The fraction of sp³-hybridized carbons (Fsp3) is 0.300. The number of hydrazine groups is 1. The molecule has 2 aromatic carbocycles. The van der Waals surface area contributed by atoms with Crippen molar-refractivity contribution in [2.24, 2.45) is 0 Å². The van der Waals surface area contributed by atoms with E-state index in [-0.39, 0.29) is 0 Å². The molecule has 24 heavy (non-hydrogen) atoms. The molecule has 0 fully saturated rings. The number of hydrogen-bond acceptors (Lipinski definition) is 4. The minimum absolute atomic E-state index is 0.398. The van der Waals surface area contributed by atoms with Crippen LogP contribution in [0.15, 0.2) is 54.7 Å². The lowest BCUT2D eigenvalue weighted by Crippen LogP contribution is -2.36. The first-order chi connectivity index (χ1) is 11.5. The highest BCUT2D eigenvalue weighted by Crippen LogP contribution is 2.31. The van der Waals surface area contributed by atoms with E-state index in [1.165, 1.54) is 16.8 Å². The molecule has 0 aromatic heterocycles. The average Bonchev–Trinajstić information content (AvgIpc) is 2.94. The third-order valence-electron chi connectivity index (χ3n) is 4.72. The first kappa shape index (κ1) is 16.7. The zero-order valence-corrected chi connectivity index (χ0v) is 14.7. The molecular weight excluding hydrogens is 298 g/mol. The monoisotopic (exact) mass is 323 g/mol. The predicted molar refractivity (Wildman–Crippen MR) is 99.5 cm³/mol. The van der Waals surface area contributed by atoms with Crippen LogP contribution in [0.25, 0.3) is 11.1 Å². The van der Waals surface area contributed by atoms with Crippen molar-refractivity contribution >= 4 is 5.69 Å². The fourth-order valence-corrected chi connectivity index (χ4v) is 2.94. The van der Waals surface area contributed by atoms with Gasteiger partial charge in [0.1, 0.15) is 6.23 Å². The summed E-state index contributed by atoms with van der Waals surface area (Å²) < 4.78 is 0. The molecule has 0 saturated carbocycles. The average molecular weight is 323 g/mol. The molecule has 0 amide bonds. The van der Waals surface area contributed by atoms with Crippen LogP contribution in [0.1, 0.15) is 24.3 Å². The Morgan fingerprint density at radius 3 is 2.33 bits per heavy atom. The van der Waals surface area contributed by atoms with E-state index in [0.717, 1.165) is 11.1 Å². The van der Waals surface area contributed by atoms with Crippen molar-refractivity contribution in [3.8, 4) is 11.1 Å². The quantitative estimate of drug-likeness (QED) is 0.846. The maximum atomic E-state index is 9.84. The van der Waals surface area contributed by atoms with E-state index in [9.17, 15) is 5.11 Å². The van der Waals surface area contributed by atoms with Crippen molar-refractivity contribution in [3.63, 3.8) is 0 Å². The van der Waals surface area contributed by atoms with Gasteiger partial charge in [-0.1, -0.05) is 36.4 Å². The number of likely N-dealkylation sites (N-methyl/N-ethyl adjacent to an activating group) is 1. The largest absolute Gasteiger partial charge is 0.374 e. The molecule has 4 heteroatoms. The van der Waals surface area contributed by atoms with Gasteiger partial charge in [-0.25, -0.2) is 5.01 Å². The molecule has 1 aliphatic heterocycles. The Hall–Kier alpha value is -2.14. The van der Waals surface area contributed by atoms with E-state index < -0.39 is 6.23 Å². The first-order valence-corrected chi connectivity index (χ1v) is 8.28. The second-order valence-electron chi connectivity index (χ2n) is 6.31. The first-order valence-electron chi connectivity index (χ1n) is 8.28. The molecule has 0 aliphatic carbocycles. The number of anilines is 1. The highest BCUT2D eigenvalue weighted by atomic mass is 16.3. The lowest BCUT2D eigenvalue weighted by atomic mass is 10.0. The molecule has 0 radical (unpaired) electrons. The van der Waals surface area contributed by atoms with Gasteiger partial charge in [0.2, 0.25) is 0 Å². The Kier molecular flexibility index (Phi) is 4.71. The van der Waals surface area contributed by atoms with Gasteiger partial charge in [-0.05, 0) is 55.3 Å². The third kappa shape index (κ3) is 3.08. The molecule has 126 valence electrons. The Morgan fingerprint density at radius 2 is 1.75 bits per heavy atom. The summed E-state index contributed by atoms with van der Waals surface area (Å²) in [5, 5.41) is 17.1. The standard InChI is InChI=1S/C20H25N3O/c1-14-5-6-18(13-19(14)23-12-11-15(2)22(23)4)16-7-9-17(10-8-16)20(24)21-3/h5-13,15,20-21,24H,1-4H3. The summed E-state index contributed by atoms with van der Waals surface area (Å²) in [5.41, 5.74) is 5.61. The molecule has 3 rings (SSSR count). The molecule has 0 spiro atoms. The van der Waals surface area contributed by atoms with Crippen LogP contribution in [0.2, 0.25) is 0 Å². The topological polar surface area (TPSA) is 38.7 Å². The normalized spacial score (nSPS) is 19.0. The second kappa shape index (κ2) is 6.77. The molecule has 1 heterocycles. The lowest BCUT2D eigenvalue weighted by Gasteiger charge is -2.30. The minimum atomic E-state index is -0.627. The van der Waals surface area contributed by atoms with Crippen LogP contribution in [-0.4, -0.2) is 30.3 Å². The van der Waals surface area contributed by atoms with Gasteiger partial charge in [0.05, 0.1) is 5.69 Å². The molecule has 1 aliphatic rings. The zero-order valence-electron chi connectivity index (χ0n) is 14.7. The molecule has 2 aromatic rings. The van der Waals surface area contributed by atoms with Crippen LogP contribution in [0.3, 0.4) is 0 Å². The van der Waals surface area contributed by atoms with Crippen molar-refractivity contribution in [1.82, 2.24) is 10.3 Å². The summed E-state index contributed by atoms with van der Waals surface area (Å²) in [6, 6.07) is 14.9. The van der Waals surface area contributed by atoms with Crippen molar-refractivity contribution in [2.75, 3.05) is 19.1 Å². The minimum Gasteiger partial charge on any atom is -0.374 e. The van der Waals surface area contributed by atoms with Gasteiger partial charge in [-0.3, -0.25) is 10.3 Å². The maximum absolute atomic E-state index is 9.84. The number of benzene rings is 2. The lowest BCUT2D eigenvalue weighted by molar-refractivity contribution is 0.149. The van der Waals surface area contributed by atoms with Crippen LogP contribution >= 0.6 is 0 Å². The summed E-state index contributed by atoms with van der Waals surface area (Å²) in [6.45, 7) is 4.32. The van der Waals surface area contributed by atoms with Gasteiger partial charge in [0.15, 0.2) is 0 Å². The Labute approximate surface area is 144 Å². The molecule has 0 bridgehead atoms.